The van der Waals surface area contributed by atoms with Crippen LogP contribution in [0.5, 0.6) is 0 Å². The second-order valence-corrected chi connectivity index (χ2v) is 11.0. The number of esters is 1. The number of carbonyl (C=O) groups is 1. The lowest BCUT2D eigenvalue weighted by Crippen LogP contribution is -2.21. The Morgan fingerprint density at radius 2 is 2.17 bits per heavy atom. The van der Waals surface area contributed by atoms with Gasteiger partial charge in [0.25, 0.3) is 0 Å². The van der Waals surface area contributed by atoms with Gasteiger partial charge in [-0.05, 0) is 13.0 Å². The number of carbonyl (C=O) groups excluding carboxylic acids is 1. The predicted octanol–water partition coefficient (Wildman–Crippen LogP) is 2.37. The van der Waals surface area contributed by atoms with Crippen LogP contribution in [0.15, 0.2) is 12.5 Å². The van der Waals surface area contributed by atoms with Gasteiger partial charge >= 0.3 is 5.97 Å². The minimum absolute atomic E-state index is 0.325. The molecule has 18 heavy (non-hydrogen) atoms. The van der Waals surface area contributed by atoms with E-state index in [4.69, 9.17) is 9.47 Å². The van der Waals surface area contributed by atoms with Crippen molar-refractivity contribution < 1.29 is 14.3 Å². The highest BCUT2D eigenvalue weighted by Gasteiger charge is 2.12. The lowest BCUT2D eigenvalue weighted by molar-refractivity contribution is 0.0519. The van der Waals surface area contributed by atoms with E-state index < -0.39 is 14.0 Å². The van der Waals surface area contributed by atoms with E-state index in [0.717, 1.165) is 12.7 Å². The Morgan fingerprint density at radius 1 is 1.44 bits per heavy atom. The highest BCUT2D eigenvalue weighted by atomic mass is 28.3. The van der Waals surface area contributed by atoms with E-state index in [1.54, 1.807) is 24.0 Å². The number of ether oxygens (including phenoxy) is 2. The van der Waals surface area contributed by atoms with E-state index in [9.17, 15) is 4.79 Å². The number of aromatic nitrogens is 2. The maximum atomic E-state index is 11.4. The Morgan fingerprint density at radius 3 is 2.78 bits per heavy atom. The van der Waals surface area contributed by atoms with Crippen LogP contribution in [0.1, 0.15) is 17.4 Å². The van der Waals surface area contributed by atoms with Crippen LogP contribution in [0, 0.1) is 0 Å². The zero-order chi connectivity index (χ0) is 13.6. The lowest BCUT2D eigenvalue weighted by Gasteiger charge is -2.15. The predicted molar refractivity (Wildman–Crippen MR) is 72.3 cm³/mol. The van der Waals surface area contributed by atoms with E-state index in [1.165, 1.54) is 0 Å². The highest BCUT2D eigenvalue weighted by molar-refractivity contribution is 6.76. The smallest absolute Gasteiger partial charge is 0.358 e. The van der Waals surface area contributed by atoms with Gasteiger partial charge in [-0.3, -0.25) is 0 Å². The van der Waals surface area contributed by atoms with Gasteiger partial charge in [0.05, 0.1) is 12.9 Å². The summed E-state index contributed by atoms with van der Waals surface area (Å²) in [6.45, 7) is 10.2. The topological polar surface area (TPSA) is 53.4 Å². The molecular weight excluding hydrogens is 248 g/mol. The molecule has 0 aromatic carbocycles. The van der Waals surface area contributed by atoms with E-state index in [1.807, 2.05) is 0 Å². The molecular formula is C12H22N2O3Si. The van der Waals surface area contributed by atoms with Crippen LogP contribution >= 0.6 is 0 Å². The minimum Gasteiger partial charge on any atom is -0.461 e. The Bertz CT molecular complexity index is 385. The molecule has 0 atom stereocenters. The molecule has 0 saturated heterocycles. The van der Waals surface area contributed by atoms with Gasteiger partial charge in [0.2, 0.25) is 0 Å². The molecule has 0 aliphatic heterocycles. The normalized spacial score (nSPS) is 11.6. The number of hydrogen-bond donors (Lipinski definition) is 0. The van der Waals surface area contributed by atoms with Crippen LogP contribution in [-0.2, 0) is 16.2 Å². The summed E-state index contributed by atoms with van der Waals surface area (Å²) in [7, 11) is -1.04. The summed E-state index contributed by atoms with van der Waals surface area (Å²) in [5.41, 5.74) is 0.325. The van der Waals surface area contributed by atoms with Gasteiger partial charge in [0.1, 0.15) is 6.73 Å². The molecule has 1 heterocycles. The lowest BCUT2D eigenvalue weighted by atomic mass is 10.5. The summed E-state index contributed by atoms with van der Waals surface area (Å²) < 4.78 is 12.2. The van der Waals surface area contributed by atoms with Crippen LogP contribution in [0.2, 0.25) is 25.7 Å². The van der Waals surface area contributed by atoms with Crippen LogP contribution in [-0.4, -0.2) is 36.8 Å². The molecule has 1 aromatic heterocycles. The second kappa shape index (κ2) is 6.70. The number of rotatable bonds is 7. The molecule has 1 rings (SSSR count). The fraction of sp³-hybridized carbons (Fsp3) is 0.667. The first-order valence-corrected chi connectivity index (χ1v) is 9.90. The van der Waals surface area contributed by atoms with E-state index in [-0.39, 0.29) is 0 Å². The van der Waals surface area contributed by atoms with Gasteiger partial charge in [-0.1, -0.05) is 19.6 Å². The quantitative estimate of drug-likeness (QED) is 0.433. The number of hydrogen-bond acceptors (Lipinski definition) is 4. The summed E-state index contributed by atoms with van der Waals surface area (Å²) in [5.74, 6) is -0.390. The third-order valence-electron chi connectivity index (χ3n) is 2.35. The maximum absolute atomic E-state index is 11.4. The second-order valence-electron chi connectivity index (χ2n) is 5.34. The van der Waals surface area contributed by atoms with Gasteiger partial charge in [-0.2, -0.15) is 0 Å². The van der Waals surface area contributed by atoms with Gasteiger partial charge < -0.3 is 14.0 Å². The van der Waals surface area contributed by atoms with Crippen molar-refractivity contribution in [3.63, 3.8) is 0 Å². The number of nitrogens with zero attached hydrogens (tertiary/aromatic N) is 2. The fourth-order valence-electron chi connectivity index (χ4n) is 1.29. The minimum atomic E-state index is -1.04. The molecule has 0 aliphatic rings. The third-order valence-corrected chi connectivity index (χ3v) is 4.06. The summed E-state index contributed by atoms with van der Waals surface area (Å²) in [6, 6.07) is 1.13. The van der Waals surface area contributed by atoms with E-state index in [0.29, 0.717) is 19.0 Å². The average molecular weight is 270 g/mol. The van der Waals surface area contributed by atoms with Crippen molar-refractivity contribution in [2.24, 2.45) is 0 Å². The van der Waals surface area contributed by atoms with Crippen molar-refractivity contribution >= 4 is 14.0 Å². The molecule has 102 valence electrons. The fourth-order valence-corrected chi connectivity index (χ4v) is 2.05. The average Bonchev–Trinajstić information content (AvgIpc) is 2.72. The Kier molecular flexibility index (Phi) is 5.55. The Hall–Kier alpha value is -1.14. The summed E-state index contributed by atoms with van der Waals surface area (Å²) in [4.78, 5) is 15.4. The zero-order valence-corrected chi connectivity index (χ0v) is 12.6. The molecule has 0 N–H and O–H groups in total. The van der Waals surface area contributed by atoms with Gasteiger partial charge in [-0.15, -0.1) is 0 Å². The van der Waals surface area contributed by atoms with Crippen LogP contribution < -0.4 is 0 Å². The van der Waals surface area contributed by atoms with E-state index in [2.05, 4.69) is 24.6 Å². The molecule has 0 aliphatic carbocycles. The molecule has 6 heteroatoms. The molecule has 0 saturated carbocycles. The van der Waals surface area contributed by atoms with Gasteiger partial charge in [-0.25, -0.2) is 9.78 Å². The highest BCUT2D eigenvalue weighted by Crippen LogP contribution is 2.08. The first-order valence-electron chi connectivity index (χ1n) is 6.19. The molecule has 0 fully saturated rings. The largest absolute Gasteiger partial charge is 0.461 e. The Labute approximate surface area is 109 Å². The first kappa shape index (κ1) is 14.9. The molecule has 5 nitrogen and oxygen atoms in total. The maximum Gasteiger partial charge on any atom is 0.358 e. The zero-order valence-electron chi connectivity index (χ0n) is 11.6. The van der Waals surface area contributed by atoms with Crippen molar-refractivity contribution in [3.8, 4) is 0 Å². The van der Waals surface area contributed by atoms with Crippen molar-refractivity contribution in [1.82, 2.24) is 9.55 Å². The molecule has 0 unspecified atom stereocenters. The molecule has 0 radical (unpaired) electrons. The summed E-state index contributed by atoms with van der Waals surface area (Å²) in [5, 5.41) is 0. The summed E-state index contributed by atoms with van der Waals surface area (Å²) in [6.07, 6.45) is 3.23. The molecule has 1 aromatic rings. The van der Waals surface area contributed by atoms with Crippen LogP contribution in [0.25, 0.3) is 0 Å². The molecule has 0 bridgehead atoms. The standard InChI is InChI=1S/C12H22N2O3Si/c1-5-17-12(15)11-8-14(9-13-11)10-16-6-7-18(2,3)4/h8-9H,5-7,10H2,1-4H3. The van der Waals surface area contributed by atoms with Crippen LogP contribution in [0.3, 0.4) is 0 Å². The SMILES string of the molecule is CCOC(=O)c1cn(COCC[Si](C)(C)C)cn1. The van der Waals surface area contributed by atoms with Crippen LogP contribution in [0.4, 0.5) is 0 Å². The first-order chi connectivity index (χ1) is 8.42. The van der Waals surface area contributed by atoms with Gasteiger partial charge in [0.15, 0.2) is 5.69 Å². The van der Waals surface area contributed by atoms with Crippen molar-refractivity contribution in [2.75, 3.05) is 13.2 Å². The summed E-state index contributed by atoms with van der Waals surface area (Å²) >= 11 is 0. The van der Waals surface area contributed by atoms with Gasteiger partial charge in [0, 0.05) is 20.9 Å². The monoisotopic (exact) mass is 270 g/mol. The molecule has 0 spiro atoms. The van der Waals surface area contributed by atoms with Crippen molar-refractivity contribution in [2.45, 2.75) is 39.3 Å². The van der Waals surface area contributed by atoms with Crippen molar-refractivity contribution in [1.29, 1.82) is 0 Å². The molecule has 0 amide bonds. The number of imidazole rings is 1. The Balaban J connectivity index is 2.33. The third kappa shape index (κ3) is 5.46. The van der Waals surface area contributed by atoms with E-state index >= 15 is 0 Å². The van der Waals surface area contributed by atoms with Crippen molar-refractivity contribution in [3.05, 3.63) is 18.2 Å².